The van der Waals surface area contributed by atoms with Gasteiger partial charge in [-0.2, -0.15) is 0 Å². The minimum atomic E-state index is -0.908. The smallest absolute Gasteiger partial charge is 0.222 e. The summed E-state index contributed by atoms with van der Waals surface area (Å²) in [4.78, 5) is 0. The quantitative estimate of drug-likeness (QED) is 0.766. The Morgan fingerprint density at radius 2 is 1.75 bits per heavy atom. The highest BCUT2D eigenvalue weighted by molar-refractivity contribution is 5.01. The summed E-state index contributed by atoms with van der Waals surface area (Å²) in [7, 11) is 0. The maximum Gasteiger partial charge on any atom is 0.222 e. The summed E-state index contributed by atoms with van der Waals surface area (Å²) in [5.41, 5.74) is 0. The Hall–Kier alpha value is -0.240. The molecule has 116 valence electrons. The average Bonchev–Trinajstić information content (AvgIpc) is 2.65. The van der Waals surface area contributed by atoms with Crippen molar-refractivity contribution in [3.05, 3.63) is 0 Å². The lowest BCUT2D eigenvalue weighted by molar-refractivity contribution is -0.432. The van der Waals surface area contributed by atoms with Crippen molar-refractivity contribution in [3.8, 4) is 0 Å². The minimum absolute atomic E-state index is 0.141. The van der Waals surface area contributed by atoms with Gasteiger partial charge in [0, 0.05) is 6.61 Å². The number of rotatable bonds is 2. The summed E-state index contributed by atoms with van der Waals surface area (Å²) >= 11 is 0. The molecule has 3 saturated heterocycles. The first-order valence-electron chi connectivity index (χ1n) is 7.22. The maximum atomic E-state index is 6.06. The molecule has 0 saturated carbocycles. The lowest BCUT2D eigenvalue weighted by Crippen LogP contribution is -2.69. The molecule has 0 N–H and O–H groups in total. The van der Waals surface area contributed by atoms with Gasteiger partial charge in [-0.25, -0.2) is 0 Å². The fourth-order valence-electron chi connectivity index (χ4n) is 3.11. The van der Waals surface area contributed by atoms with E-state index in [0.717, 1.165) is 0 Å². The fraction of sp³-hybridized carbons (Fsp3) is 1.00. The highest BCUT2D eigenvalue weighted by Crippen LogP contribution is 2.44. The van der Waals surface area contributed by atoms with Crippen LogP contribution in [0.1, 0.15) is 34.6 Å². The number of ether oxygens (including phenoxy) is 6. The second kappa shape index (κ2) is 4.63. The zero-order valence-electron chi connectivity index (χ0n) is 12.8. The van der Waals surface area contributed by atoms with E-state index in [-0.39, 0.29) is 18.3 Å². The van der Waals surface area contributed by atoms with E-state index in [1.807, 2.05) is 34.6 Å². The summed E-state index contributed by atoms with van der Waals surface area (Å²) in [5.74, 6) is -2.23. The zero-order valence-corrected chi connectivity index (χ0v) is 12.8. The predicted molar refractivity (Wildman–Crippen MR) is 69.0 cm³/mol. The van der Waals surface area contributed by atoms with Gasteiger partial charge in [0.05, 0.1) is 6.61 Å². The van der Waals surface area contributed by atoms with Crippen LogP contribution in [0.3, 0.4) is 0 Å². The van der Waals surface area contributed by atoms with Gasteiger partial charge < -0.3 is 28.4 Å². The van der Waals surface area contributed by atoms with E-state index in [1.54, 1.807) is 0 Å². The third-order valence-corrected chi connectivity index (χ3v) is 3.87. The molecule has 0 aliphatic carbocycles. The van der Waals surface area contributed by atoms with E-state index in [9.17, 15) is 0 Å². The van der Waals surface area contributed by atoms with Gasteiger partial charge in [0.25, 0.3) is 0 Å². The molecule has 3 fully saturated rings. The fourth-order valence-corrected chi connectivity index (χ4v) is 3.11. The molecule has 0 aromatic rings. The minimum Gasteiger partial charge on any atom is -0.346 e. The molecule has 6 nitrogen and oxygen atoms in total. The van der Waals surface area contributed by atoms with Crippen molar-refractivity contribution in [3.63, 3.8) is 0 Å². The lowest BCUT2D eigenvalue weighted by atomic mass is 9.95. The molecular formula is C14H24O6. The Bertz CT molecular complexity index is 382. The van der Waals surface area contributed by atoms with Gasteiger partial charge in [-0.3, -0.25) is 0 Å². The summed E-state index contributed by atoms with van der Waals surface area (Å²) in [6, 6.07) is 0. The molecular weight excluding hydrogens is 264 g/mol. The van der Waals surface area contributed by atoms with Crippen LogP contribution in [0.5, 0.6) is 0 Å². The molecule has 0 aromatic heterocycles. The Balaban J connectivity index is 1.89. The van der Waals surface area contributed by atoms with E-state index < -0.39 is 17.4 Å². The van der Waals surface area contributed by atoms with Gasteiger partial charge in [0.15, 0.2) is 11.6 Å². The Morgan fingerprint density at radius 1 is 1.00 bits per heavy atom. The van der Waals surface area contributed by atoms with Crippen molar-refractivity contribution in [2.24, 2.45) is 0 Å². The van der Waals surface area contributed by atoms with Crippen LogP contribution in [-0.2, 0) is 28.4 Å². The van der Waals surface area contributed by atoms with Gasteiger partial charge in [0.1, 0.15) is 24.9 Å². The molecule has 3 aliphatic rings. The third kappa shape index (κ3) is 2.38. The van der Waals surface area contributed by atoms with Gasteiger partial charge >= 0.3 is 0 Å². The van der Waals surface area contributed by atoms with Crippen molar-refractivity contribution in [1.29, 1.82) is 0 Å². The SMILES string of the molecule is CCO[C@@]12COC(C)(C)O[C@H]1[C@@H]1OC(C)(C)O[C@@H]1CO2. The van der Waals surface area contributed by atoms with Crippen LogP contribution in [0, 0.1) is 0 Å². The monoisotopic (exact) mass is 288 g/mol. The van der Waals surface area contributed by atoms with E-state index in [0.29, 0.717) is 19.8 Å². The van der Waals surface area contributed by atoms with Crippen molar-refractivity contribution < 1.29 is 28.4 Å². The predicted octanol–water partition coefficient (Wildman–Crippen LogP) is 1.42. The molecule has 0 spiro atoms. The maximum absolute atomic E-state index is 6.06. The Kier molecular flexibility index (Phi) is 3.40. The van der Waals surface area contributed by atoms with Crippen molar-refractivity contribution in [2.45, 2.75) is 70.3 Å². The zero-order chi connectivity index (χ0) is 14.6. The number of fused-ring (bicyclic) bond motifs is 3. The highest BCUT2D eigenvalue weighted by atomic mass is 16.8. The Morgan fingerprint density at radius 3 is 2.45 bits per heavy atom. The first-order chi connectivity index (χ1) is 9.27. The molecule has 0 amide bonds. The van der Waals surface area contributed by atoms with E-state index in [2.05, 4.69) is 0 Å². The van der Waals surface area contributed by atoms with Crippen LogP contribution in [-0.4, -0.2) is 55.5 Å². The second-order valence-electron chi connectivity index (χ2n) is 6.42. The normalized spacial score (nSPS) is 45.8. The average molecular weight is 288 g/mol. The molecule has 4 atom stereocenters. The molecule has 20 heavy (non-hydrogen) atoms. The van der Waals surface area contributed by atoms with Gasteiger partial charge in [0.2, 0.25) is 5.79 Å². The van der Waals surface area contributed by atoms with Crippen LogP contribution < -0.4 is 0 Å². The van der Waals surface area contributed by atoms with Crippen LogP contribution in [0.4, 0.5) is 0 Å². The molecule has 6 heteroatoms. The number of hydrogen-bond donors (Lipinski definition) is 0. The van der Waals surface area contributed by atoms with E-state index in [4.69, 9.17) is 28.4 Å². The largest absolute Gasteiger partial charge is 0.346 e. The molecule has 0 unspecified atom stereocenters. The van der Waals surface area contributed by atoms with Crippen molar-refractivity contribution in [1.82, 2.24) is 0 Å². The Labute approximate surface area is 119 Å². The van der Waals surface area contributed by atoms with Gasteiger partial charge in [-0.05, 0) is 34.6 Å². The topological polar surface area (TPSA) is 55.4 Å². The second-order valence-corrected chi connectivity index (χ2v) is 6.42. The lowest BCUT2D eigenvalue weighted by Gasteiger charge is -2.52. The van der Waals surface area contributed by atoms with Crippen LogP contribution in [0.15, 0.2) is 0 Å². The first-order valence-corrected chi connectivity index (χ1v) is 7.22. The summed E-state index contributed by atoms with van der Waals surface area (Å²) in [5, 5.41) is 0. The van der Waals surface area contributed by atoms with Crippen LogP contribution in [0.2, 0.25) is 0 Å². The van der Waals surface area contributed by atoms with Crippen LogP contribution >= 0.6 is 0 Å². The summed E-state index contributed by atoms with van der Waals surface area (Å²) < 4.78 is 35.4. The van der Waals surface area contributed by atoms with E-state index in [1.165, 1.54) is 0 Å². The first kappa shape index (κ1) is 14.7. The van der Waals surface area contributed by atoms with Gasteiger partial charge in [-0.1, -0.05) is 0 Å². The summed E-state index contributed by atoms with van der Waals surface area (Å²) in [6.07, 6.45) is -0.724. The van der Waals surface area contributed by atoms with Crippen LogP contribution in [0.25, 0.3) is 0 Å². The standard InChI is InChI=1S/C14H24O6/c1-6-15-14-8-17-12(2,3)20-11(14)10-9(7-16-14)18-13(4,5)19-10/h9-11H,6-8H2,1-5H3/t9-,10-,11+,14-/m1/s1. The van der Waals surface area contributed by atoms with Crippen molar-refractivity contribution >= 4 is 0 Å². The molecule has 3 aliphatic heterocycles. The summed E-state index contributed by atoms with van der Waals surface area (Å²) in [6.45, 7) is 10.8. The van der Waals surface area contributed by atoms with Gasteiger partial charge in [-0.15, -0.1) is 0 Å². The van der Waals surface area contributed by atoms with Crippen molar-refractivity contribution in [2.75, 3.05) is 19.8 Å². The number of hydrogen-bond acceptors (Lipinski definition) is 6. The molecule has 3 heterocycles. The molecule has 0 radical (unpaired) electrons. The highest BCUT2D eigenvalue weighted by Gasteiger charge is 2.62. The molecule has 0 bridgehead atoms. The molecule has 3 rings (SSSR count). The van der Waals surface area contributed by atoms with E-state index >= 15 is 0 Å². The molecule has 0 aromatic carbocycles. The third-order valence-electron chi connectivity index (χ3n) is 3.87.